The summed E-state index contributed by atoms with van der Waals surface area (Å²) < 4.78 is 0. The molecule has 11 heavy (non-hydrogen) atoms. The van der Waals surface area contributed by atoms with Crippen molar-refractivity contribution >= 4 is 0 Å². The van der Waals surface area contributed by atoms with E-state index in [1.54, 1.807) is 0 Å². The minimum absolute atomic E-state index is 0.0104. The molecule has 4 atom stereocenters. The highest BCUT2D eigenvalue weighted by molar-refractivity contribution is 5.11. The van der Waals surface area contributed by atoms with Gasteiger partial charge in [0.05, 0.1) is 6.10 Å². The first kappa shape index (κ1) is 7.60. The number of hydrogen-bond donors (Lipinski definition) is 1. The predicted octanol–water partition coefficient (Wildman–Crippen LogP) is 2.05. The molecule has 0 aromatic carbocycles. The molecule has 0 saturated heterocycles. The number of hydrogen-bond acceptors (Lipinski definition) is 1. The van der Waals surface area contributed by atoms with E-state index in [1.807, 2.05) is 0 Å². The van der Waals surface area contributed by atoms with Crippen LogP contribution in [-0.4, -0.2) is 11.2 Å². The molecule has 2 rings (SSSR count). The Morgan fingerprint density at radius 2 is 1.91 bits per heavy atom. The third kappa shape index (κ3) is 0.868. The van der Waals surface area contributed by atoms with Gasteiger partial charge in [0.2, 0.25) is 0 Å². The van der Waals surface area contributed by atoms with Crippen LogP contribution < -0.4 is 0 Å². The van der Waals surface area contributed by atoms with E-state index in [2.05, 4.69) is 20.8 Å². The van der Waals surface area contributed by atoms with Gasteiger partial charge < -0.3 is 5.11 Å². The van der Waals surface area contributed by atoms with Crippen molar-refractivity contribution in [1.82, 2.24) is 0 Å². The van der Waals surface area contributed by atoms with E-state index in [0.29, 0.717) is 17.3 Å². The van der Waals surface area contributed by atoms with Gasteiger partial charge in [-0.3, -0.25) is 0 Å². The average Bonchev–Trinajstić information content (AvgIpc) is 2.46. The molecule has 2 aliphatic rings. The largest absolute Gasteiger partial charge is 0.393 e. The highest BCUT2D eigenvalue weighted by Gasteiger charge is 2.62. The standard InChI is InChI=1S/C10H18O/c1-6-4-5-7-8(9(6)11)10(7,2)3/h6-9,11H,4-5H2,1-3H3/t6?,7-,8-,9?/m1/s1. The van der Waals surface area contributed by atoms with Crippen molar-refractivity contribution in [2.45, 2.75) is 39.7 Å². The smallest absolute Gasteiger partial charge is 0.0601 e. The molecule has 0 spiro atoms. The van der Waals surface area contributed by atoms with Crippen LogP contribution in [0.5, 0.6) is 0 Å². The Balaban J connectivity index is 2.12. The second-order valence-corrected chi connectivity index (χ2v) is 5.00. The van der Waals surface area contributed by atoms with Crippen molar-refractivity contribution in [3.63, 3.8) is 0 Å². The van der Waals surface area contributed by atoms with Crippen molar-refractivity contribution in [2.75, 3.05) is 0 Å². The summed E-state index contributed by atoms with van der Waals surface area (Å²) in [5.41, 5.74) is 0.449. The Bertz CT molecular complexity index is 174. The van der Waals surface area contributed by atoms with E-state index >= 15 is 0 Å². The lowest BCUT2D eigenvalue weighted by Gasteiger charge is -2.23. The van der Waals surface area contributed by atoms with E-state index in [9.17, 15) is 5.11 Å². The van der Waals surface area contributed by atoms with Crippen LogP contribution in [0.3, 0.4) is 0 Å². The third-order valence-electron chi connectivity index (χ3n) is 4.02. The summed E-state index contributed by atoms with van der Waals surface area (Å²) in [5, 5.41) is 9.82. The van der Waals surface area contributed by atoms with Crippen LogP contribution in [0.25, 0.3) is 0 Å². The topological polar surface area (TPSA) is 20.2 Å². The predicted molar refractivity (Wildman–Crippen MR) is 45.2 cm³/mol. The monoisotopic (exact) mass is 154 g/mol. The molecule has 0 radical (unpaired) electrons. The van der Waals surface area contributed by atoms with Crippen LogP contribution >= 0.6 is 0 Å². The summed E-state index contributed by atoms with van der Waals surface area (Å²) in [7, 11) is 0. The van der Waals surface area contributed by atoms with Gasteiger partial charge in [-0.1, -0.05) is 20.8 Å². The zero-order chi connectivity index (χ0) is 8.22. The number of rotatable bonds is 0. The molecule has 2 fully saturated rings. The van der Waals surface area contributed by atoms with Gasteiger partial charge in [0.25, 0.3) is 0 Å². The first-order valence-electron chi connectivity index (χ1n) is 4.73. The van der Waals surface area contributed by atoms with Gasteiger partial charge in [0.1, 0.15) is 0 Å². The summed E-state index contributed by atoms with van der Waals surface area (Å²) in [6.07, 6.45) is 2.56. The van der Waals surface area contributed by atoms with Crippen LogP contribution in [0.1, 0.15) is 33.6 Å². The molecular weight excluding hydrogens is 136 g/mol. The van der Waals surface area contributed by atoms with Crippen LogP contribution in [-0.2, 0) is 0 Å². The van der Waals surface area contributed by atoms with Crippen molar-refractivity contribution in [3.8, 4) is 0 Å². The molecule has 0 amide bonds. The first-order valence-corrected chi connectivity index (χ1v) is 4.73. The fourth-order valence-corrected chi connectivity index (χ4v) is 2.98. The van der Waals surface area contributed by atoms with E-state index < -0.39 is 0 Å². The normalized spacial score (nSPS) is 53.5. The summed E-state index contributed by atoms with van der Waals surface area (Å²) in [6, 6.07) is 0. The molecule has 64 valence electrons. The van der Waals surface area contributed by atoms with Gasteiger partial charge >= 0.3 is 0 Å². The second-order valence-electron chi connectivity index (χ2n) is 5.00. The zero-order valence-electron chi connectivity index (χ0n) is 7.67. The van der Waals surface area contributed by atoms with E-state index in [4.69, 9.17) is 0 Å². The van der Waals surface area contributed by atoms with Crippen LogP contribution in [0, 0.1) is 23.2 Å². The maximum atomic E-state index is 9.82. The Morgan fingerprint density at radius 1 is 1.27 bits per heavy atom. The summed E-state index contributed by atoms with van der Waals surface area (Å²) in [4.78, 5) is 0. The van der Waals surface area contributed by atoms with Crippen molar-refractivity contribution in [3.05, 3.63) is 0 Å². The first-order chi connectivity index (χ1) is 5.05. The minimum Gasteiger partial charge on any atom is -0.393 e. The van der Waals surface area contributed by atoms with Crippen LogP contribution in [0.15, 0.2) is 0 Å². The van der Waals surface area contributed by atoms with E-state index in [1.165, 1.54) is 12.8 Å². The van der Waals surface area contributed by atoms with Gasteiger partial charge in [0, 0.05) is 0 Å². The molecule has 0 aliphatic heterocycles. The van der Waals surface area contributed by atoms with Gasteiger partial charge in [-0.15, -0.1) is 0 Å². The van der Waals surface area contributed by atoms with Gasteiger partial charge in [0.15, 0.2) is 0 Å². The lowest BCUT2D eigenvalue weighted by Crippen LogP contribution is -2.25. The summed E-state index contributed by atoms with van der Waals surface area (Å²) in [5.74, 6) is 1.98. The van der Waals surface area contributed by atoms with Crippen molar-refractivity contribution in [1.29, 1.82) is 0 Å². The Hall–Kier alpha value is -0.0400. The van der Waals surface area contributed by atoms with Crippen LogP contribution in [0.2, 0.25) is 0 Å². The highest BCUT2D eigenvalue weighted by Crippen LogP contribution is 2.65. The Labute approximate surface area is 68.8 Å². The number of aliphatic hydroxyl groups excluding tert-OH is 1. The Morgan fingerprint density at radius 3 is 2.45 bits per heavy atom. The zero-order valence-corrected chi connectivity index (χ0v) is 7.67. The average molecular weight is 154 g/mol. The molecule has 0 aromatic rings. The molecule has 0 heterocycles. The minimum atomic E-state index is -0.0104. The quantitative estimate of drug-likeness (QED) is 0.566. The lowest BCUT2D eigenvalue weighted by atomic mass is 9.88. The lowest BCUT2D eigenvalue weighted by molar-refractivity contribution is 0.0612. The SMILES string of the molecule is CC1CC[C@@H]2[C@H](C1O)C2(C)C. The Kier molecular flexibility index (Phi) is 1.39. The molecular formula is C10H18O. The van der Waals surface area contributed by atoms with Crippen molar-refractivity contribution in [2.24, 2.45) is 23.2 Å². The fraction of sp³-hybridized carbons (Fsp3) is 1.00. The molecule has 1 N–H and O–H groups in total. The fourth-order valence-electron chi connectivity index (χ4n) is 2.98. The highest BCUT2D eigenvalue weighted by atomic mass is 16.3. The molecule has 1 nitrogen and oxygen atoms in total. The second kappa shape index (κ2) is 2.01. The summed E-state index contributed by atoms with van der Waals surface area (Å²) in [6.45, 7) is 6.77. The van der Waals surface area contributed by atoms with Crippen molar-refractivity contribution < 1.29 is 5.11 Å². The van der Waals surface area contributed by atoms with Gasteiger partial charge in [-0.2, -0.15) is 0 Å². The molecule has 2 aliphatic carbocycles. The van der Waals surface area contributed by atoms with E-state index in [-0.39, 0.29) is 6.10 Å². The molecule has 0 bridgehead atoms. The molecule has 1 heteroatoms. The number of aliphatic hydroxyl groups is 1. The third-order valence-corrected chi connectivity index (χ3v) is 4.02. The number of fused-ring (bicyclic) bond motifs is 1. The molecule has 2 unspecified atom stereocenters. The maximum Gasteiger partial charge on any atom is 0.0601 e. The van der Waals surface area contributed by atoms with Gasteiger partial charge in [-0.05, 0) is 36.0 Å². The maximum absolute atomic E-state index is 9.82. The molecule has 0 aromatic heterocycles. The molecule has 2 saturated carbocycles. The summed E-state index contributed by atoms with van der Waals surface area (Å²) >= 11 is 0. The van der Waals surface area contributed by atoms with E-state index in [0.717, 1.165) is 5.92 Å². The van der Waals surface area contributed by atoms with Gasteiger partial charge in [-0.25, -0.2) is 0 Å². The van der Waals surface area contributed by atoms with Crippen LogP contribution in [0.4, 0.5) is 0 Å².